The SMILES string of the molecule is CCCNCc1cccc(S(=O)(=O)N(C)C2CCCC2)c1. The van der Waals surface area contributed by atoms with Crippen LogP contribution >= 0.6 is 0 Å². The highest BCUT2D eigenvalue weighted by molar-refractivity contribution is 7.89. The standard InChI is InChI=1S/C16H26N2O2S/c1-3-11-17-13-14-7-6-10-16(12-14)21(19,20)18(2)15-8-4-5-9-15/h6-7,10,12,15,17H,3-5,8-9,11,13H2,1-2H3. The van der Waals surface area contributed by atoms with Gasteiger partial charge in [-0.25, -0.2) is 8.42 Å². The van der Waals surface area contributed by atoms with E-state index in [1.807, 2.05) is 12.1 Å². The summed E-state index contributed by atoms with van der Waals surface area (Å²) in [6.07, 6.45) is 5.29. The fraction of sp³-hybridized carbons (Fsp3) is 0.625. The molecule has 1 aromatic rings. The van der Waals surface area contributed by atoms with Crippen molar-refractivity contribution in [1.82, 2.24) is 9.62 Å². The third-order valence-electron chi connectivity index (χ3n) is 4.17. The molecule has 4 nitrogen and oxygen atoms in total. The van der Waals surface area contributed by atoms with E-state index in [9.17, 15) is 8.42 Å². The summed E-state index contributed by atoms with van der Waals surface area (Å²) >= 11 is 0. The minimum absolute atomic E-state index is 0.164. The summed E-state index contributed by atoms with van der Waals surface area (Å²) in [7, 11) is -1.65. The summed E-state index contributed by atoms with van der Waals surface area (Å²) in [4.78, 5) is 0.410. The Morgan fingerprint density at radius 3 is 2.67 bits per heavy atom. The summed E-state index contributed by atoms with van der Waals surface area (Å²) < 4.78 is 27.0. The van der Waals surface area contributed by atoms with E-state index in [0.717, 1.165) is 44.2 Å². The monoisotopic (exact) mass is 310 g/mol. The first-order valence-electron chi connectivity index (χ1n) is 7.83. The molecule has 1 aliphatic rings. The number of sulfonamides is 1. The molecule has 1 aromatic carbocycles. The molecule has 1 N–H and O–H groups in total. The highest BCUT2D eigenvalue weighted by Gasteiger charge is 2.29. The molecule has 0 unspecified atom stereocenters. The molecule has 0 aliphatic heterocycles. The molecule has 1 saturated carbocycles. The molecular weight excluding hydrogens is 284 g/mol. The van der Waals surface area contributed by atoms with E-state index in [1.54, 1.807) is 23.5 Å². The van der Waals surface area contributed by atoms with Crippen molar-refractivity contribution in [3.63, 3.8) is 0 Å². The van der Waals surface area contributed by atoms with Gasteiger partial charge < -0.3 is 5.32 Å². The molecule has 2 rings (SSSR count). The van der Waals surface area contributed by atoms with E-state index in [4.69, 9.17) is 0 Å². The van der Waals surface area contributed by atoms with E-state index in [1.165, 1.54) is 0 Å². The van der Waals surface area contributed by atoms with Gasteiger partial charge >= 0.3 is 0 Å². The Hall–Kier alpha value is -0.910. The lowest BCUT2D eigenvalue weighted by Crippen LogP contribution is -2.35. The maximum absolute atomic E-state index is 12.7. The molecule has 0 amide bonds. The van der Waals surface area contributed by atoms with Crippen molar-refractivity contribution >= 4 is 10.0 Å². The summed E-state index contributed by atoms with van der Waals surface area (Å²) in [5.74, 6) is 0. The Morgan fingerprint density at radius 2 is 2.00 bits per heavy atom. The second-order valence-electron chi connectivity index (χ2n) is 5.78. The smallest absolute Gasteiger partial charge is 0.243 e. The average molecular weight is 310 g/mol. The first-order valence-corrected chi connectivity index (χ1v) is 9.27. The van der Waals surface area contributed by atoms with Crippen molar-refractivity contribution in [2.45, 2.75) is 56.5 Å². The molecule has 1 aliphatic carbocycles. The van der Waals surface area contributed by atoms with E-state index < -0.39 is 10.0 Å². The van der Waals surface area contributed by atoms with Crippen LogP contribution in [0.4, 0.5) is 0 Å². The Labute approximate surface area is 128 Å². The topological polar surface area (TPSA) is 49.4 Å². The number of benzene rings is 1. The molecule has 21 heavy (non-hydrogen) atoms. The maximum Gasteiger partial charge on any atom is 0.243 e. The summed E-state index contributed by atoms with van der Waals surface area (Å²) in [5, 5.41) is 3.31. The zero-order valence-corrected chi connectivity index (χ0v) is 13.8. The second kappa shape index (κ2) is 7.38. The fourth-order valence-corrected chi connectivity index (χ4v) is 4.34. The number of hydrogen-bond donors (Lipinski definition) is 1. The molecule has 0 heterocycles. The Kier molecular flexibility index (Phi) is 5.79. The summed E-state index contributed by atoms with van der Waals surface area (Å²) in [5.41, 5.74) is 1.02. The molecular formula is C16H26N2O2S. The van der Waals surface area contributed by atoms with E-state index >= 15 is 0 Å². The van der Waals surface area contributed by atoms with Crippen LogP contribution in [-0.4, -0.2) is 32.4 Å². The Morgan fingerprint density at radius 1 is 1.29 bits per heavy atom. The molecule has 1 fully saturated rings. The quantitative estimate of drug-likeness (QED) is 0.788. The van der Waals surface area contributed by atoms with Crippen LogP contribution in [0, 0.1) is 0 Å². The van der Waals surface area contributed by atoms with Crippen LogP contribution in [0.1, 0.15) is 44.6 Å². The van der Waals surface area contributed by atoms with Gasteiger partial charge in [-0.1, -0.05) is 31.9 Å². The normalized spacial score (nSPS) is 16.7. The van der Waals surface area contributed by atoms with Crippen LogP contribution in [0.2, 0.25) is 0 Å². The number of nitrogens with one attached hydrogen (secondary N) is 1. The van der Waals surface area contributed by atoms with Crippen LogP contribution in [0.5, 0.6) is 0 Å². The van der Waals surface area contributed by atoms with Gasteiger partial charge in [-0.05, 0) is 43.5 Å². The van der Waals surface area contributed by atoms with Crippen molar-refractivity contribution < 1.29 is 8.42 Å². The lowest BCUT2D eigenvalue weighted by atomic mass is 10.2. The van der Waals surface area contributed by atoms with E-state index in [0.29, 0.717) is 11.4 Å². The van der Waals surface area contributed by atoms with E-state index in [2.05, 4.69) is 12.2 Å². The molecule has 0 saturated heterocycles. The molecule has 0 aromatic heterocycles. The summed E-state index contributed by atoms with van der Waals surface area (Å²) in [6, 6.07) is 7.46. The van der Waals surface area contributed by atoms with Crippen LogP contribution < -0.4 is 5.32 Å². The first-order chi connectivity index (χ1) is 10.1. The van der Waals surface area contributed by atoms with Gasteiger partial charge in [0.05, 0.1) is 4.90 Å². The number of nitrogens with zero attached hydrogens (tertiary/aromatic N) is 1. The van der Waals surface area contributed by atoms with Gasteiger partial charge in [-0.15, -0.1) is 0 Å². The lowest BCUT2D eigenvalue weighted by molar-refractivity contribution is 0.373. The van der Waals surface area contributed by atoms with Crippen molar-refractivity contribution in [2.75, 3.05) is 13.6 Å². The fourth-order valence-electron chi connectivity index (χ4n) is 2.86. The Bertz CT molecular complexity index is 551. The zero-order chi connectivity index (χ0) is 15.3. The van der Waals surface area contributed by atoms with Gasteiger partial charge in [-0.3, -0.25) is 0 Å². The minimum Gasteiger partial charge on any atom is -0.313 e. The number of rotatable bonds is 7. The summed E-state index contributed by atoms with van der Waals surface area (Å²) in [6.45, 7) is 3.77. The van der Waals surface area contributed by atoms with Crippen LogP contribution in [0.3, 0.4) is 0 Å². The van der Waals surface area contributed by atoms with Crippen molar-refractivity contribution in [3.05, 3.63) is 29.8 Å². The number of hydrogen-bond acceptors (Lipinski definition) is 3. The largest absolute Gasteiger partial charge is 0.313 e. The predicted molar refractivity (Wildman–Crippen MR) is 85.6 cm³/mol. The predicted octanol–water partition coefficient (Wildman–Crippen LogP) is 2.75. The van der Waals surface area contributed by atoms with Crippen molar-refractivity contribution in [2.24, 2.45) is 0 Å². The molecule has 0 bridgehead atoms. The van der Waals surface area contributed by atoms with Gasteiger partial charge in [-0.2, -0.15) is 4.31 Å². The first kappa shape index (κ1) is 16.5. The third-order valence-corrected chi connectivity index (χ3v) is 6.08. The highest BCUT2D eigenvalue weighted by atomic mass is 32.2. The molecule has 0 radical (unpaired) electrons. The molecule has 0 spiro atoms. The van der Waals surface area contributed by atoms with E-state index in [-0.39, 0.29) is 6.04 Å². The van der Waals surface area contributed by atoms with Gasteiger partial charge in [0.1, 0.15) is 0 Å². The van der Waals surface area contributed by atoms with Gasteiger partial charge in [0.25, 0.3) is 0 Å². The second-order valence-corrected chi connectivity index (χ2v) is 7.78. The molecule has 0 atom stereocenters. The molecule has 5 heteroatoms. The van der Waals surface area contributed by atoms with Gasteiger partial charge in [0.15, 0.2) is 0 Å². The maximum atomic E-state index is 12.7. The average Bonchev–Trinajstić information content (AvgIpc) is 3.01. The van der Waals surface area contributed by atoms with Crippen molar-refractivity contribution in [3.8, 4) is 0 Å². The van der Waals surface area contributed by atoms with Gasteiger partial charge in [0.2, 0.25) is 10.0 Å². The van der Waals surface area contributed by atoms with Gasteiger partial charge in [0, 0.05) is 19.6 Å². The lowest BCUT2D eigenvalue weighted by Gasteiger charge is -2.23. The van der Waals surface area contributed by atoms with Crippen LogP contribution in [0.15, 0.2) is 29.2 Å². The van der Waals surface area contributed by atoms with Crippen LogP contribution in [-0.2, 0) is 16.6 Å². The Balaban J connectivity index is 2.13. The minimum atomic E-state index is -3.37. The molecule has 118 valence electrons. The zero-order valence-electron chi connectivity index (χ0n) is 13.0. The van der Waals surface area contributed by atoms with Crippen molar-refractivity contribution in [1.29, 1.82) is 0 Å². The van der Waals surface area contributed by atoms with Crippen LogP contribution in [0.25, 0.3) is 0 Å². The third kappa shape index (κ3) is 4.05. The highest BCUT2D eigenvalue weighted by Crippen LogP contribution is 2.27.